The Kier molecular flexibility index (Phi) is 6.06. The summed E-state index contributed by atoms with van der Waals surface area (Å²) in [4.78, 5) is 16.5. The first-order chi connectivity index (χ1) is 20.2. The second-order valence-electron chi connectivity index (χ2n) is 9.54. The molecule has 0 spiro atoms. The number of Topliss-reactive ketones (excluding diaryl/α,β-unsaturated/α-hetero) is 1. The van der Waals surface area contributed by atoms with Crippen LogP contribution in [0.2, 0.25) is 0 Å². The van der Waals surface area contributed by atoms with E-state index in [0.29, 0.717) is 22.3 Å². The molecule has 6 heteroatoms. The topological polar surface area (TPSA) is 67.9 Å². The van der Waals surface area contributed by atoms with Gasteiger partial charge in [0.15, 0.2) is 5.78 Å². The molecule has 0 amide bonds. The maximum Gasteiger partial charge on any atom is 0.194 e. The number of carbonyl (C=O) groups is 1. The molecule has 0 radical (unpaired) electrons. The molecule has 4 aromatic carbocycles. The number of hydrogen-bond acceptors (Lipinski definition) is 6. The molecule has 0 saturated heterocycles. The Morgan fingerprint density at radius 1 is 0.683 bits per heavy atom. The van der Waals surface area contributed by atoms with Gasteiger partial charge in [0.1, 0.15) is 17.7 Å². The fraction of sp³-hybridized carbons (Fsp3) is 0. The number of nitriles is 2. The predicted octanol–water partition coefficient (Wildman–Crippen LogP) is 9.67. The predicted molar refractivity (Wildman–Crippen MR) is 169 cm³/mol. The Balaban J connectivity index is 1.32. The van der Waals surface area contributed by atoms with E-state index in [-0.39, 0.29) is 11.4 Å². The van der Waals surface area contributed by atoms with Crippen molar-refractivity contribution in [3.8, 4) is 12.1 Å². The number of benzene rings is 4. The van der Waals surface area contributed by atoms with Crippen molar-refractivity contribution in [1.82, 2.24) is 0 Å². The minimum atomic E-state index is -0.160. The van der Waals surface area contributed by atoms with Crippen LogP contribution in [0.5, 0.6) is 0 Å². The zero-order chi connectivity index (χ0) is 27.9. The molecule has 0 saturated carbocycles. The number of anilines is 3. The van der Waals surface area contributed by atoms with Crippen molar-refractivity contribution in [2.24, 2.45) is 0 Å². The van der Waals surface area contributed by atoms with Crippen LogP contribution < -0.4 is 4.90 Å². The highest BCUT2D eigenvalue weighted by Gasteiger charge is 2.32. The van der Waals surface area contributed by atoms with Gasteiger partial charge in [-0.1, -0.05) is 66.7 Å². The lowest BCUT2D eigenvalue weighted by Crippen LogP contribution is -2.09. The van der Waals surface area contributed by atoms with E-state index in [1.54, 1.807) is 40.9 Å². The van der Waals surface area contributed by atoms with Crippen LogP contribution in [0.1, 0.15) is 20.8 Å². The van der Waals surface area contributed by atoms with Crippen molar-refractivity contribution < 1.29 is 4.79 Å². The quantitative estimate of drug-likeness (QED) is 0.159. The van der Waals surface area contributed by atoms with E-state index in [1.807, 2.05) is 60.7 Å². The third-order valence-corrected chi connectivity index (χ3v) is 9.49. The number of hydrogen-bond donors (Lipinski definition) is 0. The van der Waals surface area contributed by atoms with E-state index in [2.05, 4.69) is 53.4 Å². The second-order valence-corrected chi connectivity index (χ2v) is 11.7. The van der Waals surface area contributed by atoms with Crippen LogP contribution in [0.3, 0.4) is 0 Å². The SMILES string of the molecule is N#CC(C#N)=C1/C(=C/c2cc3sc4cc(N(c5ccccc5)c5ccccc5)ccc4c3s2)C(=O)c2ccccc21. The van der Waals surface area contributed by atoms with Gasteiger partial charge in [-0.2, -0.15) is 10.5 Å². The van der Waals surface area contributed by atoms with Gasteiger partial charge in [0, 0.05) is 53.4 Å². The number of thiophene rings is 2. The van der Waals surface area contributed by atoms with Gasteiger partial charge in [0.05, 0.1) is 4.70 Å². The Morgan fingerprint density at radius 2 is 1.32 bits per heavy atom. The van der Waals surface area contributed by atoms with Gasteiger partial charge in [-0.25, -0.2) is 0 Å². The lowest BCUT2D eigenvalue weighted by Gasteiger charge is -2.25. The third-order valence-electron chi connectivity index (χ3n) is 7.15. The highest BCUT2D eigenvalue weighted by molar-refractivity contribution is 7.33. The van der Waals surface area contributed by atoms with E-state index in [9.17, 15) is 15.3 Å². The molecule has 7 rings (SSSR count). The summed E-state index contributed by atoms with van der Waals surface area (Å²) < 4.78 is 3.47. The zero-order valence-electron chi connectivity index (χ0n) is 21.5. The molecule has 0 unspecified atom stereocenters. The summed E-state index contributed by atoms with van der Waals surface area (Å²) in [5.74, 6) is -0.160. The van der Waals surface area contributed by atoms with Crippen LogP contribution in [0, 0.1) is 22.7 Å². The summed E-state index contributed by atoms with van der Waals surface area (Å²) in [5.41, 5.74) is 5.18. The number of fused-ring (bicyclic) bond motifs is 4. The molecule has 0 atom stereocenters. The molecule has 2 aromatic heterocycles. The first kappa shape index (κ1) is 24.7. The maximum atomic E-state index is 13.3. The van der Waals surface area contributed by atoms with Crippen molar-refractivity contribution in [3.05, 3.63) is 136 Å². The van der Waals surface area contributed by atoms with Gasteiger partial charge in [0.25, 0.3) is 0 Å². The number of ketones is 1. The first-order valence-electron chi connectivity index (χ1n) is 12.9. The van der Waals surface area contributed by atoms with Crippen LogP contribution in [0.4, 0.5) is 17.1 Å². The number of rotatable bonds is 4. The summed E-state index contributed by atoms with van der Waals surface area (Å²) in [7, 11) is 0. The van der Waals surface area contributed by atoms with Crippen molar-refractivity contribution in [1.29, 1.82) is 10.5 Å². The zero-order valence-corrected chi connectivity index (χ0v) is 23.2. The van der Waals surface area contributed by atoms with Crippen LogP contribution in [-0.2, 0) is 0 Å². The molecule has 4 nitrogen and oxygen atoms in total. The Labute approximate surface area is 244 Å². The fourth-order valence-corrected chi connectivity index (χ4v) is 7.87. The molecule has 192 valence electrons. The Morgan fingerprint density at radius 3 is 1.98 bits per heavy atom. The summed E-state index contributed by atoms with van der Waals surface area (Å²) >= 11 is 3.34. The maximum absolute atomic E-state index is 13.3. The highest BCUT2D eigenvalue weighted by atomic mass is 32.1. The fourth-order valence-electron chi connectivity index (χ4n) is 5.36. The molecule has 0 aliphatic heterocycles. The van der Waals surface area contributed by atoms with E-state index in [0.717, 1.165) is 36.7 Å². The van der Waals surface area contributed by atoms with Gasteiger partial charge in [-0.15, -0.1) is 22.7 Å². The van der Waals surface area contributed by atoms with Gasteiger partial charge >= 0.3 is 0 Å². The number of para-hydroxylation sites is 2. The molecule has 6 aromatic rings. The monoisotopic (exact) mass is 561 g/mol. The summed E-state index contributed by atoms with van der Waals surface area (Å²) in [6.45, 7) is 0. The lowest BCUT2D eigenvalue weighted by molar-refractivity contribution is 0.104. The van der Waals surface area contributed by atoms with Crippen molar-refractivity contribution >= 4 is 76.7 Å². The second kappa shape index (κ2) is 10.0. The van der Waals surface area contributed by atoms with Gasteiger partial charge < -0.3 is 4.90 Å². The van der Waals surface area contributed by atoms with E-state index in [1.165, 1.54) is 4.70 Å². The molecule has 0 fully saturated rings. The number of carbonyl (C=O) groups excluding carboxylic acids is 1. The Bertz CT molecular complexity index is 2080. The molecule has 41 heavy (non-hydrogen) atoms. The van der Waals surface area contributed by atoms with Crippen LogP contribution in [-0.4, -0.2) is 5.78 Å². The van der Waals surface area contributed by atoms with Gasteiger partial charge in [0.2, 0.25) is 0 Å². The Hall–Kier alpha value is -5.27. The number of nitrogens with zero attached hydrogens (tertiary/aromatic N) is 3. The van der Waals surface area contributed by atoms with Crippen molar-refractivity contribution in [2.45, 2.75) is 0 Å². The van der Waals surface area contributed by atoms with E-state index >= 15 is 0 Å². The minimum Gasteiger partial charge on any atom is -0.310 e. The van der Waals surface area contributed by atoms with Gasteiger partial charge in [-0.3, -0.25) is 4.79 Å². The molecule has 1 aliphatic rings. The average molecular weight is 562 g/mol. The standard InChI is InChI=1S/C35H19N3OS2/c36-20-22(21-37)33-27-13-7-8-14-28(27)34(39)30(33)18-26-19-32-35(40-26)29-16-15-25(17-31(29)41-32)38(23-9-3-1-4-10-23)24-11-5-2-6-12-24/h1-19H/b30-18-. The largest absolute Gasteiger partial charge is 0.310 e. The number of allylic oxidation sites excluding steroid dienone is 3. The molecule has 1 aliphatic carbocycles. The van der Waals surface area contributed by atoms with E-state index in [4.69, 9.17) is 0 Å². The molecular formula is C35H19N3OS2. The summed E-state index contributed by atoms with van der Waals surface area (Å²) in [6.07, 6.45) is 1.83. The average Bonchev–Trinajstić information content (AvgIpc) is 3.65. The smallest absolute Gasteiger partial charge is 0.194 e. The summed E-state index contributed by atoms with van der Waals surface area (Å²) in [5, 5.41) is 20.4. The van der Waals surface area contributed by atoms with Crippen molar-refractivity contribution in [2.75, 3.05) is 4.90 Å². The van der Waals surface area contributed by atoms with Crippen molar-refractivity contribution in [3.63, 3.8) is 0 Å². The van der Waals surface area contributed by atoms with Crippen LogP contribution in [0.25, 0.3) is 31.1 Å². The highest BCUT2D eigenvalue weighted by Crippen LogP contribution is 2.45. The van der Waals surface area contributed by atoms with Crippen LogP contribution in [0.15, 0.2) is 120 Å². The normalized spacial score (nSPS) is 13.4. The molecule has 0 bridgehead atoms. The summed E-state index contributed by atoms with van der Waals surface area (Å²) in [6, 6.07) is 40.4. The molecule has 0 N–H and O–H groups in total. The first-order valence-corrected chi connectivity index (χ1v) is 14.6. The lowest BCUT2D eigenvalue weighted by atomic mass is 9.99. The molecular weight excluding hydrogens is 543 g/mol. The van der Waals surface area contributed by atoms with E-state index < -0.39 is 0 Å². The minimum absolute atomic E-state index is 0.0488. The third kappa shape index (κ3) is 4.15. The molecule has 2 heterocycles. The van der Waals surface area contributed by atoms with Crippen LogP contribution >= 0.6 is 22.7 Å². The van der Waals surface area contributed by atoms with Gasteiger partial charge in [-0.05, 0) is 54.1 Å².